The summed E-state index contributed by atoms with van der Waals surface area (Å²) in [6.07, 6.45) is 6.93. The van der Waals surface area contributed by atoms with Crippen LogP contribution in [0.25, 0.3) is 0 Å². The molecule has 92 valence electrons. The second kappa shape index (κ2) is 8.30. The van der Waals surface area contributed by atoms with E-state index in [9.17, 15) is 0 Å². The maximum atomic E-state index is 4.04. The van der Waals surface area contributed by atoms with Gasteiger partial charge in [0, 0.05) is 32.0 Å². The van der Waals surface area contributed by atoms with Crippen molar-refractivity contribution in [2.24, 2.45) is 0 Å². The van der Waals surface area contributed by atoms with Crippen molar-refractivity contribution in [3.8, 4) is 0 Å². The van der Waals surface area contributed by atoms with Gasteiger partial charge >= 0.3 is 0 Å². The second-order valence-electron chi connectivity index (χ2n) is 3.94. The zero-order valence-electron chi connectivity index (χ0n) is 10.5. The highest BCUT2D eigenvalue weighted by Gasteiger charge is 2.01. The fraction of sp³-hybridized carbons (Fsp3) is 0.750. The molecule has 1 aromatic heterocycles. The first kappa shape index (κ1) is 13.2. The van der Waals surface area contributed by atoms with Crippen molar-refractivity contribution in [3.63, 3.8) is 0 Å². The van der Waals surface area contributed by atoms with Crippen LogP contribution in [0.4, 0.5) is 0 Å². The Kier molecular flexibility index (Phi) is 6.85. The molecule has 0 bridgehead atoms. The van der Waals surface area contributed by atoms with Crippen LogP contribution in [0, 0.1) is 0 Å². The van der Waals surface area contributed by atoms with E-state index < -0.39 is 0 Å². The Hall–Kier alpha value is -0.870. The molecule has 0 radical (unpaired) electrons. The van der Waals surface area contributed by atoms with Crippen LogP contribution in [0.15, 0.2) is 18.7 Å². The third kappa shape index (κ3) is 5.28. The van der Waals surface area contributed by atoms with Gasteiger partial charge in [-0.15, -0.1) is 0 Å². The lowest BCUT2D eigenvalue weighted by Gasteiger charge is -2.20. The van der Waals surface area contributed by atoms with Crippen molar-refractivity contribution < 1.29 is 0 Å². The standard InChI is InChI=1S/C12H24N4/c1-3-13-6-10-15(4-2)8-5-9-16-11-7-14-12-16/h7,11-13H,3-6,8-10H2,1-2H3. The minimum absolute atomic E-state index is 1.06. The highest BCUT2D eigenvalue weighted by atomic mass is 15.1. The third-order valence-electron chi connectivity index (χ3n) is 2.75. The van der Waals surface area contributed by atoms with E-state index in [1.807, 2.05) is 18.7 Å². The van der Waals surface area contributed by atoms with Crippen LogP contribution in [-0.4, -0.2) is 47.2 Å². The molecule has 0 saturated heterocycles. The van der Waals surface area contributed by atoms with E-state index >= 15 is 0 Å². The van der Waals surface area contributed by atoms with Gasteiger partial charge in [-0.3, -0.25) is 0 Å². The molecule has 1 rings (SSSR count). The third-order valence-corrected chi connectivity index (χ3v) is 2.75. The predicted octanol–water partition coefficient (Wildman–Crippen LogP) is 1.20. The molecule has 0 aliphatic rings. The Labute approximate surface area is 98.7 Å². The number of aromatic nitrogens is 2. The summed E-state index contributed by atoms with van der Waals surface area (Å²) in [5.74, 6) is 0. The van der Waals surface area contributed by atoms with E-state index in [4.69, 9.17) is 0 Å². The maximum absolute atomic E-state index is 4.04. The Morgan fingerprint density at radius 3 is 2.81 bits per heavy atom. The number of nitrogens with zero attached hydrogens (tertiary/aromatic N) is 3. The van der Waals surface area contributed by atoms with Crippen LogP contribution in [0.3, 0.4) is 0 Å². The van der Waals surface area contributed by atoms with E-state index in [2.05, 4.69) is 33.6 Å². The lowest BCUT2D eigenvalue weighted by atomic mass is 10.3. The van der Waals surface area contributed by atoms with Gasteiger partial charge in [-0.1, -0.05) is 13.8 Å². The van der Waals surface area contributed by atoms with Crippen molar-refractivity contribution >= 4 is 0 Å². The monoisotopic (exact) mass is 224 g/mol. The fourth-order valence-corrected chi connectivity index (χ4v) is 1.74. The van der Waals surface area contributed by atoms with E-state index in [1.165, 1.54) is 13.0 Å². The fourth-order valence-electron chi connectivity index (χ4n) is 1.74. The van der Waals surface area contributed by atoms with Crippen molar-refractivity contribution in [2.75, 3.05) is 32.7 Å². The van der Waals surface area contributed by atoms with Gasteiger partial charge < -0.3 is 14.8 Å². The summed E-state index contributed by atoms with van der Waals surface area (Å²) in [5.41, 5.74) is 0. The van der Waals surface area contributed by atoms with Crippen molar-refractivity contribution in [2.45, 2.75) is 26.8 Å². The minimum Gasteiger partial charge on any atom is -0.337 e. The highest BCUT2D eigenvalue weighted by Crippen LogP contribution is 1.95. The van der Waals surface area contributed by atoms with Gasteiger partial charge in [-0.25, -0.2) is 4.98 Å². The van der Waals surface area contributed by atoms with Crippen LogP contribution in [0.5, 0.6) is 0 Å². The largest absolute Gasteiger partial charge is 0.337 e. The van der Waals surface area contributed by atoms with Gasteiger partial charge in [0.15, 0.2) is 0 Å². The molecule has 0 aromatic carbocycles. The average Bonchev–Trinajstić information content (AvgIpc) is 2.80. The summed E-state index contributed by atoms with van der Waals surface area (Å²) >= 11 is 0. The Balaban J connectivity index is 2.08. The second-order valence-corrected chi connectivity index (χ2v) is 3.94. The van der Waals surface area contributed by atoms with Gasteiger partial charge in [0.1, 0.15) is 0 Å². The predicted molar refractivity (Wildman–Crippen MR) is 67.5 cm³/mol. The number of rotatable bonds is 9. The summed E-state index contributed by atoms with van der Waals surface area (Å²) in [4.78, 5) is 6.53. The molecule has 0 unspecified atom stereocenters. The van der Waals surface area contributed by atoms with Gasteiger partial charge in [-0.05, 0) is 26.1 Å². The quantitative estimate of drug-likeness (QED) is 0.640. The zero-order chi connectivity index (χ0) is 11.6. The Morgan fingerprint density at radius 1 is 1.31 bits per heavy atom. The molecular formula is C12H24N4. The Morgan fingerprint density at radius 2 is 2.19 bits per heavy atom. The lowest BCUT2D eigenvalue weighted by Crippen LogP contribution is -2.33. The number of hydrogen-bond acceptors (Lipinski definition) is 3. The topological polar surface area (TPSA) is 33.1 Å². The maximum Gasteiger partial charge on any atom is 0.0945 e. The van der Waals surface area contributed by atoms with Crippen LogP contribution < -0.4 is 5.32 Å². The number of hydrogen-bond donors (Lipinski definition) is 1. The first-order valence-corrected chi connectivity index (χ1v) is 6.25. The van der Waals surface area contributed by atoms with Crippen molar-refractivity contribution in [1.29, 1.82) is 0 Å². The lowest BCUT2D eigenvalue weighted by molar-refractivity contribution is 0.278. The molecule has 0 amide bonds. The first-order chi connectivity index (χ1) is 7.86. The van der Waals surface area contributed by atoms with E-state index in [0.29, 0.717) is 0 Å². The number of nitrogens with one attached hydrogen (secondary N) is 1. The number of imidazole rings is 1. The summed E-state index contributed by atoms with van der Waals surface area (Å²) in [6, 6.07) is 0. The molecule has 0 fully saturated rings. The van der Waals surface area contributed by atoms with Gasteiger partial charge in [0.25, 0.3) is 0 Å². The van der Waals surface area contributed by atoms with E-state index in [-0.39, 0.29) is 0 Å². The van der Waals surface area contributed by atoms with Gasteiger partial charge in [0.05, 0.1) is 6.33 Å². The van der Waals surface area contributed by atoms with Gasteiger partial charge in [-0.2, -0.15) is 0 Å². The molecule has 0 spiro atoms. The first-order valence-electron chi connectivity index (χ1n) is 6.25. The molecule has 1 N–H and O–H groups in total. The molecule has 0 atom stereocenters. The van der Waals surface area contributed by atoms with Crippen LogP contribution in [0.2, 0.25) is 0 Å². The average molecular weight is 224 g/mol. The van der Waals surface area contributed by atoms with Crippen LogP contribution in [0.1, 0.15) is 20.3 Å². The van der Waals surface area contributed by atoms with Crippen LogP contribution >= 0.6 is 0 Å². The molecular weight excluding hydrogens is 200 g/mol. The minimum atomic E-state index is 1.06. The van der Waals surface area contributed by atoms with Crippen molar-refractivity contribution in [3.05, 3.63) is 18.7 Å². The number of aryl methyl sites for hydroxylation is 1. The van der Waals surface area contributed by atoms with E-state index in [1.54, 1.807) is 0 Å². The molecule has 4 nitrogen and oxygen atoms in total. The molecule has 1 heterocycles. The molecule has 4 heteroatoms. The summed E-state index contributed by atoms with van der Waals surface area (Å²) in [7, 11) is 0. The molecule has 16 heavy (non-hydrogen) atoms. The summed E-state index contributed by atoms with van der Waals surface area (Å²) < 4.78 is 2.14. The van der Waals surface area contributed by atoms with E-state index in [0.717, 1.165) is 32.7 Å². The highest BCUT2D eigenvalue weighted by molar-refractivity contribution is 4.74. The summed E-state index contributed by atoms with van der Waals surface area (Å²) in [6.45, 7) is 11.0. The zero-order valence-corrected chi connectivity index (χ0v) is 10.5. The SMILES string of the molecule is CCNCCN(CC)CCCn1ccnc1. The normalized spacial score (nSPS) is 11.2. The molecule has 0 aliphatic heterocycles. The van der Waals surface area contributed by atoms with Crippen LogP contribution in [-0.2, 0) is 6.54 Å². The molecule has 1 aromatic rings. The van der Waals surface area contributed by atoms with Gasteiger partial charge in [0.2, 0.25) is 0 Å². The molecule has 0 saturated carbocycles. The molecule has 0 aliphatic carbocycles. The summed E-state index contributed by atoms with van der Waals surface area (Å²) in [5, 5.41) is 3.36. The van der Waals surface area contributed by atoms with Crippen molar-refractivity contribution in [1.82, 2.24) is 19.8 Å². The number of likely N-dealkylation sites (N-methyl/N-ethyl adjacent to an activating group) is 2. The Bertz CT molecular complexity index is 246. The smallest absolute Gasteiger partial charge is 0.0945 e.